The van der Waals surface area contributed by atoms with Gasteiger partial charge >= 0.3 is 0 Å². The molecule has 0 aromatic heterocycles. The van der Waals surface area contributed by atoms with E-state index < -0.39 is 0 Å². The van der Waals surface area contributed by atoms with E-state index >= 15 is 0 Å². The maximum Gasteiger partial charge on any atom is 0.165 e. The Bertz CT molecular complexity index is 380. The Hall–Kier alpha value is -1.39. The molecule has 0 heterocycles. The van der Waals surface area contributed by atoms with Crippen molar-refractivity contribution in [2.24, 2.45) is 0 Å². The molecule has 0 aliphatic carbocycles. The summed E-state index contributed by atoms with van der Waals surface area (Å²) in [6.45, 7) is 4.30. The van der Waals surface area contributed by atoms with Crippen LogP contribution in [-0.2, 0) is 11.3 Å². The molecule has 0 saturated carbocycles. The van der Waals surface area contributed by atoms with E-state index in [2.05, 4.69) is 5.32 Å². The van der Waals surface area contributed by atoms with E-state index in [1.165, 1.54) is 6.07 Å². The van der Waals surface area contributed by atoms with Crippen molar-refractivity contribution in [3.05, 3.63) is 41.7 Å². The second-order valence-corrected chi connectivity index (χ2v) is 3.81. The van der Waals surface area contributed by atoms with Crippen molar-refractivity contribution in [2.75, 3.05) is 26.9 Å². The van der Waals surface area contributed by atoms with E-state index in [-0.39, 0.29) is 11.6 Å². The fraction of sp³-hybridized carbons (Fsp3) is 0.429. The lowest BCUT2D eigenvalue weighted by atomic mass is 10.2. The molecule has 0 saturated heterocycles. The first kappa shape index (κ1) is 14.7. The van der Waals surface area contributed by atoms with Crippen molar-refractivity contribution in [1.82, 2.24) is 5.32 Å². The van der Waals surface area contributed by atoms with Crippen molar-refractivity contribution in [1.29, 1.82) is 0 Å². The zero-order valence-electron chi connectivity index (χ0n) is 10.9. The highest BCUT2D eigenvalue weighted by molar-refractivity contribution is 5.29. The molecular weight excluding hydrogens is 233 g/mol. The summed E-state index contributed by atoms with van der Waals surface area (Å²) < 4.78 is 23.8. The van der Waals surface area contributed by atoms with Crippen LogP contribution in [0.5, 0.6) is 5.75 Å². The maximum atomic E-state index is 13.7. The summed E-state index contributed by atoms with van der Waals surface area (Å²) in [5, 5.41) is 3.16. The molecule has 0 aliphatic rings. The van der Waals surface area contributed by atoms with E-state index in [4.69, 9.17) is 9.47 Å². The second kappa shape index (κ2) is 8.66. The average Bonchev–Trinajstić information content (AvgIpc) is 2.37. The standard InChI is InChI=1S/C14H20FNO2/c1-3-4-8-18-14-6-5-12(10-13(14)15)11-16-7-9-17-2/h3-6,10,16H,7-9,11H2,1-2H3/b4-3+. The van der Waals surface area contributed by atoms with Gasteiger partial charge in [0, 0.05) is 20.2 Å². The van der Waals surface area contributed by atoms with Gasteiger partial charge in [0.05, 0.1) is 6.61 Å². The first-order valence-electron chi connectivity index (χ1n) is 6.00. The van der Waals surface area contributed by atoms with Crippen LogP contribution in [0, 0.1) is 5.82 Å². The number of methoxy groups -OCH3 is 1. The van der Waals surface area contributed by atoms with Gasteiger partial charge in [0.1, 0.15) is 6.61 Å². The summed E-state index contributed by atoms with van der Waals surface area (Å²) in [5.74, 6) is -0.0423. The molecule has 1 aromatic rings. The predicted octanol–water partition coefficient (Wildman–Crippen LogP) is 2.52. The van der Waals surface area contributed by atoms with Gasteiger partial charge in [-0.15, -0.1) is 0 Å². The van der Waals surface area contributed by atoms with Gasteiger partial charge in [0.25, 0.3) is 0 Å². The lowest BCUT2D eigenvalue weighted by Gasteiger charge is -2.08. The molecule has 0 fully saturated rings. The van der Waals surface area contributed by atoms with Crippen LogP contribution in [0.25, 0.3) is 0 Å². The molecule has 1 rings (SSSR count). The fourth-order valence-electron chi connectivity index (χ4n) is 1.41. The van der Waals surface area contributed by atoms with Gasteiger partial charge in [0.15, 0.2) is 11.6 Å². The Balaban J connectivity index is 2.45. The molecule has 100 valence electrons. The number of rotatable bonds is 8. The number of ether oxygens (including phenoxy) is 2. The number of hydrogen-bond acceptors (Lipinski definition) is 3. The molecule has 1 N–H and O–H groups in total. The monoisotopic (exact) mass is 253 g/mol. The molecule has 0 atom stereocenters. The maximum absolute atomic E-state index is 13.7. The Labute approximate surface area is 108 Å². The number of hydrogen-bond donors (Lipinski definition) is 1. The summed E-state index contributed by atoms with van der Waals surface area (Å²) >= 11 is 0. The predicted molar refractivity (Wildman–Crippen MR) is 70.3 cm³/mol. The number of allylic oxidation sites excluding steroid dienone is 1. The van der Waals surface area contributed by atoms with Crippen LogP contribution >= 0.6 is 0 Å². The number of halogens is 1. The van der Waals surface area contributed by atoms with Crippen LogP contribution in [0.2, 0.25) is 0 Å². The van der Waals surface area contributed by atoms with E-state index in [9.17, 15) is 4.39 Å². The van der Waals surface area contributed by atoms with Crippen LogP contribution in [0.4, 0.5) is 4.39 Å². The topological polar surface area (TPSA) is 30.5 Å². The molecule has 0 unspecified atom stereocenters. The van der Waals surface area contributed by atoms with Crippen LogP contribution in [0.3, 0.4) is 0 Å². The molecule has 0 aliphatic heterocycles. The normalized spacial score (nSPS) is 11.1. The highest BCUT2D eigenvalue weighted by Crippen LogP contribution is 2.18. The molecule has 0 amide bonds. The average molecular weight is 253 g/mol. The Kier molecular flexibility index (Phi) is 7.06. The third-order valence-electron chi connectivity index (χ3n) is 2.38. The molecule has 0 radical (unpaired) electrons. The van der Waals surface area contributed by atoms with Crippen molar-refractivity contribution in [2.45, 2.75) is 13.5 Å². The first-order chi connectivity index (χ1) is 8.77. The second-order valence-electron chi connectivity index (χ2n) is 3.81. The largest absolute Gasteiger partial charge is 0.486 e. The van der Waals surface area contributed by atoms with Crippen molar-refractivity contribution in [3.63, 3.8) is 0 Å². The van der Waals surface area contributed by atoms with E-state index in [1.54, 1.807) is 13.2 Å². The molecule has 18 heavy (non-hydrogen) atoms. The summed E-state index contributed by atoms with van der Waals surface area (Å²) in [6.07, 6.45) is 3.70. The molecule has 4 heteroatoms. The van der Waals surface area contributed by atoms with Gasteiger partial charge in [-0.1, -0.05) is 18.2 Å². The highest BCUT2D eigenvalue weighted by Gasteiger charge is 2.03. The minimum Gasteiger partial charge on any atom is -0.486 e. The van der Waals surface area contributed by atoms with E-state index in [1.807, 2.05) is 25.1 Å². The third-order valence-corrected chi connectivity index (χ3v) is 2.38. The van der Waals surface area contributed by atoms with Gasteiger partial charge in [-0.2, -0.15) is 0 Å². The van der Waals surface area contributed by atoms with Crippen LogP contribution < -0.4 is 10.1 Å². The van der Waals surface area contributed by atoms with E-state index in [0.717, 1.165) is 12.1 Å². The van der Waals surface area contributed by atoms with Gasteiger partial charge in [0.2, 0.25) is 0 Å². The van der Waals surface area contributed by atoms with Crippen LogP contribution in [-0.4, -0.2) is 26.9 Å². The Morgan fingerprint density at radius 3 is 2.89 bits per heavy atom. The lowest BCUT2D eigenvalue weighted by molar-refractivity contribution is 0.199. The minimum atomic E-state index is -0.328. The van der Waals surface area contributed by atoms with Crippen molar-refractivity contribution in [3.8, 4) is 5.75 Å². The quantitative estimate of drug-likeness (QED) is 0.570. The van der Waals surface area contributed by atoms with Crippen LogP contribution in [0.15, 0.2) is 30.4 Å². The van der Waals surface area contributed by atoms with Gasteiger partial charge in [-0.3, -0.25) is 0 Å². The van der Waals surface area contributed by atoms with Crippen molar-refractivity contribution >= 4 is 0 Å². The van der Waals surface area contributed by atoms with Gasteiger partial charge < -0.3 is 14.8 Å². The molecule has 1 aromatic carbocycles. The molecule has 0 spiro atoms. The molecule has 0 bridgehead atoms. The van der Waals surface area contributed by atoms with Crippen molar-refractivity contribution < 1.29 is 13.9 Å². The summed E-state index contributed by atoms with van der Waals surface area (Å²) in [7, 11) is 1.65. The first-order valence-corrected chi connectivity index (χ1v) is 6.00. The fourth-order valence-corrected chi connectivity index (χ4v) is 1.41. The summed E-state index contributed by atoms with van der Waals surface area (Å²) in [5.41, 5.74) is 0.891. The zero-order valence-corrected chi connectivity index (χ0v) is 10.9. The van der Waals surface area contributed by atoms with Crippen LogP contribution in [0.1, 0.15) is 12.5 Å². The number of nitrogens with one attached hydrogen (secondary N) is 1. The SMILES string of the molecule is C/C=C/COc1ccc(CNCCOC)cc1F. The van der Waals surface area contributed by atoms with Gasteiger partial charge in [-0.25, -0.2) is 4.39 Å². The molecular formula is C14H20FNO2. The summed E-state index contributed by atoms with van der Waals surface area (Å²) in [4.78, 5) is 0. The molecule has 3 nitrogen and oxygen atoms in total. The Morgan fingerprint density at radius 1 is 1.39 bits per heavy atom. The summed E-state index contributed by atoms with van der Waals surface area (Å²) in [6, 6.07) is 5.00. The van der Waals surface area contributed by atoms with Gasteiger partial charge in [-0.05, 0) is 24.6 Å². The van der Waals surface area contributed by atoms with E-state index in [0.29, 0.717) is 19.8 Å². The minimum absolute atomic E-state index is 0.286. The number of benzene rings is 1. The zero-order chi connectivity index (χ0) is 13.2. The smallest absolute Gasteiger partial charge is 0.165 e. The third kappa shape index (κ3) is 5.29. The lowest BCUT2D eigenvalue weighted by Crippen LogP contribution is -2.18. The Morgan fingerprint density at radius 2 is 2.22 bits per heavy atom. The highest BCUT2D eigenvalue weighted by atomic mass is 19.1.